The first-order chi connectivity index (χ1) is 12.8. The highest BCUT2D eigenvalue weighted by Crippen LogP contribution is 2.33. The Morgan fingerprint density at radius 3 is 2.63 bits per heavy atom. The number of benzene rings is 1. The van der Waals surface area contributed by atoms with Crippen molar-refractivity contribution in [2.75, 3.05) is 18.1 Å². The number of alkyl halides is 3. The molecule has 2 N–H and O–H groups in total. The van der Waals surface area contributed by atoms with E-state index in [4.69, 9.17) is 9.84 Å². The van der Waals surface area contributed by atoms with Crippen LogP contribution in [0.4, 0.5) is 23.9 Å². The van der Waals surface area contributed by atoms with Gasteiger partial charge in [0, 0.05) is 5.56 Å². The maximum absolute atomic E-state index is 13.1. The largest absolute Gasteiger partial charge is 0.486 e. The van der Waals surface area contributed by atoms with Gasteiger partial charge in [0.2, 0.25) is 5.95 Å². The zero-order valence-corrected chi connectivity index (χ0v) is 14.3. The molecular formula is C17H17F3N4O3. The number of aromatic nitrogens is 2. The zero-order valence-electron chi connectivity index (χ0n) is 14.3. The summed E-state index contributed by atoms with van der Waals surface area (Å²) < 4.78 is 44.8. The van der Waals surface area contributed by atoms with Gasteiger partial charge in [-0.2, -0.15) is 13.2 Å². The van der Waals surface area contributed by atoms with Crippen LogP contribution in [0.2, 0.25) is 0 Å². The van der Waals surface area contributed by atoms with Crippen LogP contribution in [0.1, 0.15) is 16.7 Å². The number of hydrogen-bond donors (Lipinski definition) is 2. The van der Waals surface area contributed by atoms with Crippen LogP contribution < -0.4 is 15.0 Å². The Morgan fingerprint density at radius 1 is 1.33 bits per heavy atom. The van der Waals surface area contributed by atoms with E-state index in [1.165, 1.54) is 23.4 Å². The molecule has 2 amide bonds. The van der Waals surface area contributed by atoms with Gasteiger partial charge in [-0.05, 0) is 18.6 Å². The molecule has 144 valence electrons. The highest BCUT2D eigenvalue weighted by Gasteiger charge is 2.34. The highest BCUT2D eigenvalue weighted by atomic mass is 19.4. The SMILES string of the molecule is Cc1cccc(C(F)(F)F)c1COc1cnc(N2C[C@@H](CO)NC2=O)nc1. The Hall–Kier alpha value is -2.88. The molecule has 1 atom stereocenters. The normalized spacial score (nSPS) is 17.1. The van der Waals surface area contributed by atoms with Crippen molar-refractivity contribution in [1.82, 2.24) is 15.3 Å². The minimum atomic E-state index is -4.47. The second-order valence-electron chi connectivity index (χ2n) is 6.05. The van der Waals surface area contributed by atoms with Gasteiger partial charge >= 0.3 is 12.2 Å². The Kier molecular flexibility index (Phi) is 5.17. The smallest absolute Gasteiger partial charge is 0.416 e. The van der Waals surface area contributed by atoms with Crippen molar-refractivity contribution in [3.63, 3.8) is 0 Å². The maximum atomic E-state index is 13.1. The van der Waals surface area contributed by atoms with Gasteiger partial charge in [-0.15, -0.1) is 0 Å². The first-order valence-corrected chi connectivity index (χ1v) is 8.09. The fourth-order valence-electron chi connectivity index (χ4n) is 2.72. The van der Waals surface area contributed by atoms with Gasteiger partial charge in [0.05, 0.1) is 37.2 Å². The number of nitrogens with one attached hydrogen (secondary N) is 1. The van der Waals surface area contributed by atoms with E-state index in [9.17, 15) is 18.0 Å². The first-order valence-electron chi connectivity index (χ1n) is 8.09. The molecule has 1 fully saturated rings. The molecule has 0 spiro atoms. The van der Waals surface area contributed by atoms with Crippen molar-refractivity contribution in [2.45, 2.75) is 25.7 Å². The summed E-state index contributed by atoms with van der Waals surface area (Å²) in [6, 6.07) is 3.10. The lowest BCUT2D eigenvalue weighted by Crippen LogP contribution is -2.30. The second kappa shape index (κ2) is 7.39. The fraction of sp³-hybridized carbons (Fsp3) is 0.353. The summed E-state index contributed by atoms with van der Waals surface area (Å²) in [5, 5.41) is 11.6. The molecule has 1 aromatic heterocycles. The van der Waals surface area contributed by atoms with Gasteiger partial charge in [-0.25, -0.2) is 14.8 Å². The monoisotopic (exact) mass is 382 g/mol. The van der Waals surface area contributed by atoms with Crippen LogP contribution in [0, 0.1) is 6.92 Å². The van der Waals surface area contributed by atoms with Crippen molar-refractivity contribution in [3.8, 4) is 5.75 Å². The van der Waals surface area contributed by atoms with Crippen LogP contribution in [0.3, 0.4) is 0 Å². The summed E-state index contributed by atoms with van der Waals surface area (Å²) in [6.45, 7) is 1.30. The zero-order chi connectivity index (χ0) is 19.6. The molecule has 1 aliphatic rings. The average molecular weight is 382 g/mol. The van der Waals surface area contributed by atoms with E-state index in [1.807, 2.05) is 0 Å². The van der Waals surface area contributed by atoms with Crippen molar-refractivity contribution < 1.29 is 27.8 Å². The summed E-state index contributed by atoms with van der Waals surface area (Å²) >= 11 is 0. The number of urea groups is 1. The average Bonchev–Trinajstić information content (AvgIpc) is 3.01. The topological polar surface area (TPSA) is 87.6 Å². The number of aliphatic hydroxyl groups excluding tert-OH is 1. The molecule has 3 rings (SSSR count). The molecule has 0 saturated carbocycles. The third-order valence-corrected chi connectivity index (χ3v) is 4.15. The van der Waals surface area contributed by atoms with Gasteiger partial charge in [-0.3, -0.25) is 4.90 Å². The van der Waals surface area contributed by atoms with Crippen molar-refractivity contribution in [3.05, 3.63) is 47.3 Å². The van der Waals surface area contributed by atoms with Gasteiger partial charge in [0.25, 0.3) is 0 Å². The predicted molar refractivity (Wildman–Crippen MR) is 89.3 cm³/mol. The lowest BCUT2D eigenvalue weighted by atomic mass is 10.0. The Balaban J connectivity index is 1.71. The van der Waals surface area contributed by atoms with Crippen LogP contribution in [-0.4, -0.2) is 40.3 Å². The molecule has 7 nitrogen and oxygen atoms in total. The minimum Gasteiger partial charge on any atom is -0.486 e. The summed E-state index contributed by atoms with van der Waals surface area (Å²) in [5.74, 6) is 0.288. The lowest BCUT2D eigenvalue weighted by Gasteiger charge is -2.16. The summed E-state index contributed by atoms with van der Waals surface area (Å²) in [7, 11) is 0. The molecule has 0 aliphatic carbocycles. The van der Waals surface area contributed by atoms with Crippen LogP contribution in [-0.2, 0) is 12.8 Å². The van der Waals surface area contributed by atoms with E-state index in [2.05, 4.69) is 15.3 Å². The third-order valence-electron chi connectivity index (χ3n) is 4.15. The quantitative estimate of drug-likeness (QED) is 0.829. The molecule has 27 heavy (non-hydrogen) atoms. The standard InChI is InChI=1S/C17H17F3N4O3/c1-10-3-2-4-14(17(18,19)20)13(10)9-27-12-5-21-15(22-6-12)24-7-11(8-25)23-16(24)26/h2-6,11,25H,7-9H2,1H3,(H,23,26)/t11-/m0/s1. The van der Waals surface area contributed by atoms with Gasteiger partial charge in [-0.1, -0.05) is 12.1 Å². The fourth-order valence-corrected chi connectivity index (χ4v) is 2.72. The number of nitrogens with zero attached hydrogens (tertiary/aromatic N) is 3. The first kappa shape index (κ1) is 18.9. The number of anilines is 1. The van der Waals surface area contributed by atoms with Gasteiger partial charge < -0.3 is 15.2 Å². The van der Waals surface area contributed by atoms with E-state index in [-0.39, 0.29) is 37.0 Å². The summed E-state index contributed by atoms with van der Waals surface area (Å²) in [4.78, 5) is 21.1. The van der Waals surface area contributed by atoms with Crippen LogP contribution >= 0.6 is 0 Å². The van der Waals surface area contributed by atoms with E-state index in [0.717, 1.165) is 6.07 Å². The Labute approximate surface area is 152 Å². The number of amides is 2. The van der Waals surface area contributed by atoms with E-state index < -0.39 is 23.8 Å². The van der Waals surface area contributed by atoms with Crippen LogP contribution in [0.5, 0.6) is 5.75 Å². The lowest BCUT2D eigenvalue weighted by molar-refractivity contribution is -0.138. The number of carbonyl (C=O) groups excluding carboxylic acids is 1. The molecule has 1 aromatic carbocycles. The number of aryl methyl sites for hydroxylation is 1. The molecular weight excluding hydrogens is 365 g/mol. The minimum absolute atomic E-state index is 0.0405. The highest BCUT2D eigenvalue weighted by molar-refractivity contribution is 5.92. The summed E-state index contributed by atoms with van der Waals surface area (Å²) in [6.07, 6.45) is -1.90. The molecule has 0 unspecified atom stereocenters. The second-order valence-corrected chi connectivity index (χ2v) is 6.05. The maximum Gasteiger partial charge on any atom is 0.416 e. The number of rotatable bonds is 5. The Bertz CT molecular complexity index is 827. The number of aliphatic hydroxyl groups is 1. The van der Waals surface area contributed by atoms with E-state index in [0.29, 0.717) is 5.56 Å². The third kappa shape index (κ3) is 4.11. The number of carbonyl (C=O) groups is 1. The molecule has 0 radical (unpaired) electrons. The van der Waals surface area contributed by atoms with Crippen molar-refractivity contribution >= 4 is 12.0 Å². The van der Waals surface area contributed by atoms with Crippen molar-refractivity contribution in [2.24, 2.45) is 0 Å². The van der Waals surface area contributed by atoms with Gasteiger partial charge in [0.15, 0.2) is 5.75 Å². The molecule has 2 aromatic rings. The summed E-state index contributed by atoms with van der Waals surface area (Å²) in [5.41, 5.74) is -0.242. The molecule has 0 bridgehead atoms. The Morgan fingerprint density at radius 2 is 2.04 bits per heavy atom. The van der Waals surface area contributed by atoms with Gasteiger partial charge in [0.1, 0.15) is 6.61 Å². The van der Waals surface area contributed by atoms with E-state index >= 15 is 0 Å². The van der Waals surface area contributed by atoms with Crippen LogP contribution in [0.15, 0.2) is 30.6 Å². The van der Waals surface area contributed by atoms with E-state index in [1.54, 1.807) is 13.0 Å². The van der Waals surface area contributed by atoms with Crippen molar-refractivity contribution in [1.29, 1.82) is 0 Å². The molecule has 1 saturated heterocycles. The molecule has 10 heteroatoms. The molecule has 1 aliphatic heterocycles. The number of ether oxygens (including phenoxy) is 1. The number of halogens is 3. The number of hydrogen-bond acceptors (Lipinski definition) is 5. The molecule has 2 heterocycles. The predicted octanol–water partition coefficient (Wildman–Crippen LogP) is 2.27. The van der Waals surface area contributed by atoms with Crippen LogP contribution in [0.25, 0.3) is 0 Å².